The molecule has 1 aromatic carbocycles. The van der Waals surface area contributed by atoms with Gasteiger partial charge in [0.25, 0.3) is 0 Å². The number of esters is 2. The number of carbonyl (C=O) groups excluding carboxylic acids is 3. The highest BCUT2D eigenvalue weighted by Crippen LogP contribution is 2.30. The van der Waals surface area contributed by atoms with E-state index in [1.54, 1.807) is 38.1 Å². The molecule has 0 aromatic heterocycles. The van der Waals surface area contributed by atoms with Crippen LogP contribution in [0.15, 0.2) is 35.5 Å². The molecule has 0 aliphatic carbocycles. The Kier molecular flexibility index (Phi) is 7.92. The maximum absolute atomic E-state index is 12.9. The number of carbonyl (C=O) groups is 3. The zero-order valence-electron chi connectivity index (χ0n) is 17.8. The van der Waals surface area contributed by atoms with Gasteiger partial charge in [0.1, 0.15) is 0 Å². The van der Waals surface area contributed by atoms with Gasteiger partial charge in [-0.25, -0.2) is 9.59 Å². The molecule has 1 aromatic rings. The molecule has 0 unspecified atom stereocenters. The van der Waals surface area contributed by atoms with Crippen LogP contribution in [0.2, 0.25) is 5.02 Å². The van der Waals surface area contributed by atoms with Gasteiger partial charge in [-0.3, -0.25) is 9.69 Å². The summed E-state index contributed by atoms with van der Waals surface area (Å²) in [7, 11) is 0. The van der Waals surface area contributed by atoms with Gasteiger partial charge < -0.3 is 20.1 Å². The van der Waals surface area contributed by atoms with Crippen LogP contribution in [-0.4, -0.2) is 55.7 Å². The quantitative estimate of drug-likeness (QED) is 0.621. The zero-order chi connectivity index (χ0) is 22.4. The number of amides is 2. The summed E-state index contributed by atoms with van der Waals surface area (Å²) in [6, 6.07) is 5.90. The fourth-order valence-electron chi connectivity index (χ4n) is 3.97. The number of likely N-dealkylation sites (tertiary alicyclic amines) is 1. The number of halogens is 1. The van der Waals surface area contributed by atoms with Crippen molar-refractivity contribution in [2.75, 3.05) is 32.8 Å². The molecule has 2 amide bonds. The van der Waals surface area contributed by atoms with Gasteiger partial charge in [0.2, 0.25) is 0 Å². The second-order valence-electron chi connectivity index (χ2n) is 7.52. The minimum atomic E-state index is -0.661. The zero-order valence-corrected chi connectivity index (χ0v) is 18.5. The van der Waals surface area contributed by atoms with Crippen molar-refractivity contribution < 1.29 is 23.9 Å². The summed E-state index contributed by atoms with van der Waals surface area (Å²) < 4.78 is 10.5. The Balaban J connectivity index is 1.89. The van der Waals surface area contributed by atoms with E-state index in [9.17, 15) is 14.4 Å². The van der Waals surface area contributed by atoms with Gasteiger partial charge in [-0.15, -0.1) is 0 Å². The molecule has 1 saturated heterocycles. The van der Waals surface area contributed by atoms with Gasteiger partial charge >= 0.3 is 18.0 Å². The van der Waals surface area contributed by atoms with E-state index in [-0.39, 0.29) is 18.5 Å². The molecule has 9 heteroatoms. The number of nitrogens with one attached hydrogen (secondary N) is 2. The third kappa shape index (κ3) is 5.77. The first kappa shape index (κ1) is 23.1. The lowest BCUT2D eigenvalue weighted by Gasteiger charge is -2.35. The molecule has 2 heterocycles. The van der Waals surface area contributed by atoms with Crippen molar-refractivity contribution in [3.05, 3.63) is 46.1 Å². The molecule has 0 spiro atoms. The number of hydrogen-bond acceptors (Lipinski definition) is 6. The Hall–Kier alpha value is -2.58. The molecule has 2 atom stereocenters. The van der Waals surface area contributed by atoms with Crippen LogP contribution in [0.3, 0.4) is 0 Å². The predicted octanol–water partition coefficient (Wildman–Crippen LogP) is 2.79. The summed E-state index contributed by atoms with van der Waals surface area (Å²) in [4.78, 5) is 39.5. The molecule has 8 nitrogen and oxygen atoms in total. The third-order valence-corrected chi connectivity index (χ3v) is 5.61. The van der Waals surface area contributed by atoms with Gasteiger partial charge in [0.15, 0.2) is 0 Å². The van der Waals surface area contributed by atoms with Gasteiger partial charge in [-0.2, -0.15) is 0 Å². The van der Waals surface area contributed by atoms with Crippen molar-refractivity contribution in [2.45, 2.75) is 32.7 Å². The molecule has 2 aliphatic heterocycles. The maximum atomic E-state index is 12.9. The van der Waals surface area contributed by atoms with Crippen LogP contribution < -0.4 is 10.6 Å². The smallest absolute Gasteiger partial charge is 0.338 e. The number of ether oxygens (including phenoxy) is 2. The number of piperidine rings is 1. The minimum Gasteiger partial charge on any atom is -0.466 e. The van der Waals surface area contributed by atoms with Gasteiger partial charge in [-0.1, -0.05) is 23.7 Å². The first-order valence-corrected chi connectivity index (χ1v) is 10.9. The molecule has 0 saturated carbocycles. The summed E-state index contributed by atoms with van der Waals surface area (Å²) in [5.41, 5.74) is 1.55. The number of nitrogens with zero attached hydrogens (tertiary/aromatic N) is 1. The first-order chi connectivity index (χ1) is 14.9. The molecule has 168 valence electrons. The highest BCUT2D eigenvalue weighted by Gasteiger charge is 2.35. The van der Waals surface area contributed by atoms with E-state index in [1.807, 2.05) is 0 Å². The highest BCUT2D eigenvalue weighted by molar-refractivity contribution is 6.30. The average Bonchev–Trinajstić information content (AvgIpc) is 2.74. The Bertz CT molecular complexity index is 855. The summed E-state index contributed by atoms with van der Waals surface area (Å²) in [6.07, 6.45) is 1.60. The molecule has 2 aliphatic rings. The largest absolute Gasteiger partial charge is 0.466 e. The lowest BCUT2D eigenvalue weighted by molar-refractivity contribution is -0.150. The molecular formula is C22H28ClN3O5. The Morgan fingerprint density at radius 3 is 2.55 bits per heavy atom. The summed E-state index contributed by atoms with van der Waals surface area (Å²) >= 11 is 6.00. The van der Waals surface area contributed by atoms with E-state index in [2.05, 4.69) is 15.5 Å². The van der Waals surface area contributed by atoms with E-state index in [0.717, 1.165) is 24.9 Å². The van der Waals surface area contributed by atoms with Crippen molar-refractivity contribution in [3.8, 4) is 0 Å². The average molecular weight is 450 g/mol. The molecule has 1 fully saturated rings. The Morgan fingerprint density at radius 1 is 1.16 bits per heavy atom. The van der Waals surface area contributed by atoms with Gasteiger partial charge in [0, 0.05) is 23.8 Å². The summed E-state index contributed by atoms with van der Waals surface area (Å²) in [5.74, 6) is -0.922. The summed E-state index contributed by atoms with van der Waals surface area (Å²) in [5, 5.41) is 6.15. The third-order valence-electron chi connectivity index (χ3n) is 5.36. The second kappa shape index (κ2) is 10.6. The van der Waals surface area contributed by atoms with Crippen molar-refractivity contribution in [1.82, 2.24) is 15.5 Å². The van der Waals surface area contributed by atoms with E-state index < -0.39 is 18.0 Å². The number of hydrogen-bond donors (Lipinski definition) is 2. The van der Waals surface area contributed by atoms with Crippen LogP contribution in [-0.2, 0) is 19.1 Å². The number of benzene rings is 1. The normalized spacial score (nSPS) is 21.8. The molecule has 3 rings (SSSR count). The molecule has 31 heavy (non-hydrogen) atoms. The van der Waals surface area contributed by atoms with Crippen LogP contribution in [0, 0.1) is 5.92 Å². The maximum Gasteiger partial charge on any atom is 0.338 e. The Morgan fingerprint density at radius 2 is 1.87 bits per heavy atom. The van der Waals surface area contributed by atoms with Crippen LogP contribution in [0.1, 0.15) is 38.3 Å². The fraction of sp³-hybridized carbons (Fsp3) is 0.500. The van der Waals surface area contributed by atoms with E-state index >= 15 is 0 Å². The molecule has 0 bridgehead atoms. The SMILES string of the molecule is CCOC(=O)C1=C(CN2CCC[C@@H](C(=O)OCC)C2)NC(=O)N[C@H]1c1ccc(Cl)cc1. The first-order valence-electron chi connectivity index (χ1n) is 10.5. The Labute approximate surface area is 186 Å². The van der Waals surface area contributed by atoms with E-state index in [1.165, 1.54) is 0 Å². The van der Waals surface area contributed by atoms with E-state index in [0.29, 0.717) is 36.0 Å². The lowest BCUT2D eigenvalue weighted by atomic mass is 9.94. The van der Waals surface area contributed by atoms with Crippen molar-refractivity contribution in [1.29, 1.82) is 0 Å². The summed E-state index contributed by atoms with van der Waals surface area (Å²) in [6.45, 7) is 5.66. The number of rotatable bonds is 7. The fourth-order valence-corrected chi connectivity index (χ4v) is 4.10. The second-order valence-corrected chi connectivity index (χ2v) is 7.96. The molecule has 0 radical (unpaired) electrons. The standard InChI is InChI=1S/C22H28ClN3O5/c1-3-30-20(27)15-6-5-11-26(12-15)13-17-18(21(28)31-4-2)19(25-22(29)24-17)14-7-9-16(23)10-8-14/h7-10,15,19H,3-6,11-13H2,1-2H3,(H2,24,25,29)/t15-,19+/m1/s1. The number of urea groups is 1. The highest BCUT2D eigenvalue weighted by atomic mass is 35.5. The van der Waals surface area contributed by atoms with Crippen LogP contribution in [0.4, 0.5) is 4.79 Å². The van der Waals surface area contributed by atoms with Gasteiger partial charge in [-0.05, 0) is 50.9 Å². The molecule has 2 N–H and O–H groups in total. The van der Waals surface area contributed by atoms with Crippen LogP contribution >= 0.6 is 11.6 Å². The van der Waals surface area contributed by atoms with Crippen molar-refractivity contribution in [2.24, 2.45) is 5.92 Å². The van der Waals surface area contributed by atoms with E-state index in [4.69, 9.17) is 21.1 Å². The van der Waals surface area contributed by atoms with Crippen molar-refractivity contribution in [3.63, 3.8) is 0 Å². The minimum absolute atomic E-state index is 0.208. The monoisotopic (exact) mass is 449 g/mol. The predicted molar refractivity (Wildman–Crippen MR) is 115 cm³/mol. The van der Waals surface area contributed by atoms with Crippen LogP contribution in [0.25, 0.3) is 0 Å². The van der Waals surface area contributed by atoms with Crippen LogP contribution in [0.5, 0.6) is 0 Å². The van der Waals surface area contributed by atoms with Crippen molar-refractivity contribution >= 4 is 29.6 Å². The van der Waals surface area contributed by atoms with Gasteiger partial charge in [0.05, 0.1) is 30.7 Å². The lowest BCUT2D eigenvalue weighted by Crippen LogP contribution is -2.50. The molecular weight excluding hydrogens is 422 g/mol. The topological polar surface area (TPSA) is 97.0 Å².